The van der Waals surface area contributed by atoms with E-state index in [9.17, 15) is 13.2 Å². The molecular formula is C10H13NO5S. The van der Waals surface area contributed by atoms with Crippen molar-refractivity contribution in [1.82, 2.24) is 4.31 Å². The summed E-state index contributed by atoms with van der Waals surface area (Å²) in [6, 6.07) is 3.80. The number of carboxylic acid groups (broad SMARTS) is 1. The largest absolute Gasteiger partial charge is 0.497 e. The smallest absolute Gasteiger partial charge is 0.337 e. The average molecular weight is 259 g/mol. The summed E-state index contributed by atoms with van der Waals surface area (Å²) in [6.45, 7) is 0. The number of carbonyl (C=O) groups is 1. The summed E-state index contributed by atoms with van der Waals surface area (Å²) < 4.78 is 29.7. The number of hydrogen-bond donors (Lipinski definition) is 1. The molecule has 0 aliphatic rings. The van der Waals surface area contributed by atoms with Gasteiger partial charge in [0.05, 0.1) is 12.7 Å². The minimum absolute atomic E-state index is 0.278. The fourth-order valence-corrected chi connectivity index (χ4v) is 2.31. The molecule has 1 aromatic rings. The number of ether oxygens (including phenoxy) is 1. The van der Waals surface area contributed by atoms with Crippen LogP contribution in [0.5, 0.6) is 5.75 Å². The zero-order valence-corrected chi connectivity index (χ0v) is 10.5. The number of hydrogen-bond acceptors (Lipinski definition) is 4. The first-order valence-electron chi connectivity index (χ1n) is 4.64. The van der Waals surface area contributed by atoms with Crippen LogP contribution in [0.25, 0.3) is 0 Å². The number of nitrogens with zero attached hydrogens (tertiary/aromatic N) is 1. The number of methoxy groups -OCH3 is 1. The lowest BCUT2D eigenvalue weighted by Crippen LogP contribution is -2.24. The maximum Gasteiger partial charge on any atom is 0.337 e. The molecule has 0 aliphatic carbocycles. The van der Waals surface area contributed by atoms with E-state index in [1.165, 1.54) is 39.4 Å². The molecule has 0 unspecified atom stereocenters. The second kappa shape index (κ2) is 4.72. The van der Waals surface area contributed by atoms with E-state index in [1.807, 2.05) is 0 Å². The van der Waals surface area contributed by atoms with Crippen molar-refractivity contribution in [2.24, 2.45) is 0 Å². The van der Waals surface area contributed by atoms with Gasteiger partial charge in [0.2, 0.25) is 10.0 Å². The molecule has 0 heterocycles. The molecule has 94 valence electrons. The summed E-state index contributed by atoms with van der Waals surface area (Å²) >= 11 is 0. The van der Waals surface area contributed by atoms with Crippen LogP contribution < -0.4 is 4.74 Å². The van der Waals surface area contributed by atoms with E-state index < -0.39 is 16.0 Å². The molecule has 7 heteroatoms. The summed E-state index contributed by atoms with van der Waals surface area (Å²) in [4.78, 5) is 10.7. The highest BCUT2D eigenvalue weighted by atomic mass is 32.2. The Bertz CT molecular complexity index is 536. The monoisotopic (exact) mass is 259 g/mol. The number of aromatic carboxylic acids is 1. The van der Waals surface area contributed by atoms with Gasteiger partial charge in [-0.05, 0) is 12.1 Å². The van der Waals surface area contributed by atoms with Crippen LogP contribution in [-0.4, -0.2) is 45.0 Å². The highest BCUT2D eigenvalue weighted by molar-refractivity contribution is 7.89. The molecule has 0 atom stereocenters. The van der Waals surface area contributed by atoms with Gasteiger partial charge in [0, 0.05) is 20.2 Å². The molecule has 1 N–H and O–H groups in total. The molecule has 0 spiro atoms. The zero-order chi connectivity index (χ0) is 13.2. The normalized spacial score (nSPS) is 11.5. The molecule has 0 fully saturated rings. The van der Waals surface area contributed by atoms with E-state index in [0.29, 0.717) is 0 Å². The van der Waals surface area contributed by atoms with Gasteiger partial charge >= 0.3 is 5.97 Å². The second-order valence-electron chi connectivity index (χ2n) is 3.45. The van der Waals surface area contributed by atoms with Gasteiger partial charge in [-0.2, -0.15) is 0 Å². The van der Waals surface area contributed by atoms with E-state index in [2.05, 4.69) is 0 Å². The maximum atomic E-state index is 11.9. The maximum absolute atomic E-state index is 11.9. The van der Waals surface area contributed by atoms with Crippen LogP contribution in [-0.2, 0) is 10.0 Å². The minimum atomic E-state index is -3.81. The SMILES string of the molecule is COc1ccc(C(=O)O)c(S(=O)(=O)N(C)C)c1. The quantitative estimate of drug-likeness (QED) is 0.858. The van der Waals surface area contributed by atoms with Crippen molar-refractivity contribution in [3.8, 4) is 5.75 Å². The van der Waals surface area contributed by atoms with Crippen molar-refractivity contribution >= 4 is 16.0 Å². The van der Waals surface area contributed by atoms with Crippen LogP contribution in [0.3, 0.4) is 0 Å². The van der Waals surface area contributed by atoms with Gasteiger partial charge in [0.1, 0.15) is 10.6 Å². The molecule has 0 radical (unpaired) electrons. The van der Waals surface area contributed by atoms with Gasteiger partial charge in [-0.3, -0.25) is 0 Å². The molecule has 0 aromatic heterocycles. The Kier molecular flexibility index (Phi) is 3.74. The van der Waals surface area contributed by atoms with E-state index >= 15 is 0 Å². The molecule has 1 aromatic carbocycles. The molecule has 0 amide bonds. The van der Waals surface area contributed by atoms with E-state index in [-0.39, 0.29) is 16.2 Å². The van der Waals surface area contributed by atoms with E-state index in [4.69, 9.17) is 9.84 Å². The summed E-state index contributed by atoms with van der Waals surface area (Å²) in [7, 11) is 0.232. The molecule has 0 saturated carbocycles. The van der Waals surface area contributed by atoms with Crippen LogP contribution in [0, 0.1) is 0 Å². The number of sulfonamides is 1. The molecule has 0 bridgehead atoms. The lowest BCUT2D eigenvalue weighted by molar-refractivity contribution is 0.0692. The number of carboxylic acids is 1. The first-order chi connectivity index (χ1) is 7.80. The lowest BCUT2D eigenvalue weighted by atomic mass is 10.2. The van der Waals surface area contributed by atoms with E-state index in [1.54, 1.807) is 0 Å². The Hall–Kier alpha value is -1.60. The molecule has 17 heavy (non-hydrogen) atoms. The zero-order valence-electron chi connectivity index (χ0n) is 9.67. The van der Waals surface area contributed by atoms with Crippen LogP contribution in [0.2, 0.25) is 0 Å². The van der Waals surface area contributed by atoms with Gasteiger partial charge in [-0.1, -0.05) is 0 Å². The number of rotatable bonds is 4. The fraction of sp³-hybridized carbons (Fsp3) is 0.300. The van der Waals surface area contributed by atoms with Crippen molar-refractivity contribution in [2.45, 2.75) is 4.90 Å². The van der Waals surface area contributed by atoms with Crippen LogP contribution >= 0.6 is 0 Å². The Labute approximate surface area is 99.5 Å². The first kappa shape index (κ1) is 13.5. The molecule has 0 aliphatic heterocycles. The van der Waals surface area contributed by atoms with Crippen LogP contribution in [0.15, 0.2) is 23.1 Å². The van der Waals surface area contributed by atoms with Crippen LogP contribution in [0.1, 0.15) is 10.4 Å². The van der Waals surface area contributed by atoms with Crippen molar-refractivity contribution in [2.75, 3.05) is 21.2 Å². The van der Waals surface area contributed by atoms with Crippen molar-refractivity contribution in [3.05, 3.63) is 23.8 Å². The average Bonchev–Trinajstić information content (AvgIpc) is 2.27. The summed E-state index contributed by atoms with van der Waals surface area (Å²) in [5, 5.41) is 8.95. The predicted octanol–water partition coefficient (Wildman–Crippen LogP) is 0.644. The summed E-state index contributed by atoms with van der Waals surface area (Å²) in [5.74, 6) is -1.01. The summed E-state index contributed by atoms with van der Waals surface area (Å²) in [5.41, 5.74) is -0.278. The highest BCUT2D eigenvalue weighted by Gasteiger charge is 2.25. The fourth-order valence-electron chi connectivity index (χ4n) is 1.22. The van der Waals surface area contributed by atoms with E-state index in [0.717, 1.165) is 4.31 Å². The third-order valence-electron chi connectivity index (χ3n) is 2.18. The lowest BCUT2D eigenvalue weighted by Gasteiger charge is -2.14. The Morgan fingerprint density at radius 1 is 1.35 bits per heavy atom. The standard InChI is InChI=1S/C10H13NO5S/c1-11(2)17(14,15)9-6-7(16-3)4-5-8(9)10(12)13/h4-6H,1-3H3,(H,12,13). The first-order valence-corrected chi connectivity index (χ1v) is 6.08. The Balaban J connectivity index is 3.54. The second-order valence-corrected chi connectivity index (χ2v) is 5.57. The highest BCUT2D eigenvalue weighted by Crippen LogP contribution is 2.24. The van der Waals surface area contributed by atoms with Gasteiger partial charge in [-0.15, -0.1) is 0 Å². The van der Waals surface area contributed by atoms with Crippen molar-refractivity contribution in [3.63, 3.8) is 0 Å². The topological polar surface area (TPSA) is 83.9 Å². The third kappa shape index (κ3) is 2.56. The molecule has 0 saturated heterocycles. The van der Waals surface area contributed by atoms with Crippen molar-refractivity contribution in [1.29, 1.82) is 0 Å². The van der Waals surface area contributed by atoms with Crippen LogP contribution in [0.4, 0.5) is 0 Å². The molecular weight excluding hydrogens is 246 g/mol. The summed E-state index contributed by atoms with van der Waals surface area (Å²) in [6.07, 6.45) is 0. The predicted molar refractivity (Wildman–Crippen MR) is 60.8 cm³/mol. The van der Waals surface area contributed by atoms with Gasteiger partial charge in [0.15, 0.2) is 0 Å². The van der Waals surface area contributed by atoms with Gasteiger partial charge < -0.3 is 9.84 Å². The Morgan fingerprint density at radius 3 is 2.35 bits per heavy atom. The number of benzene rings is 1. The third-order valence-corrected chi connectivity index (χ3v) is 4.03. The van der Waals surface area contributed by atoms with Crippen molar-refractivity contribution < 1.29 is 23.1 Å². The minimum Gasteiger partial charge on any atom is -0.497 e. The molecule has 1 rings (SSSR count). The van der Waals surface area contributed by atoms with Gasteiger partial charge in [-0.25, -0.2) is 17.5 Å². The molecule has 6 nitrogen and oxygen atoms in total. The van der Waals surface area contributed by atoms with Gasteiger partial charge in [0.25, 0.3) is 0 Å². The Morgan fingerprint density at radius 2 is 1.94 bits per heavy atom.